The van der Waals surface area contributed by atoms with Gasteiger partial charge in [-0.2, -0.15) is 0 Å². The van der Waals surface area contributed by atoms with Gasteiger partial charge in [0.25, 0.3) is 0 Å². The van der Waals surface area contributed by atoms with E-state index in [1.807, 2.05) is 55.7 Å². The fourth-order valence-corrected chi connectivity index (χ4v) is 3.26. The number of carbonyl (C=O) groups excluding carboxylic acids is 2. The molecule has 140 valence electrons. The lowest BCUT2D eigenvalue weighted by molar-refractivity contribution is -0.146. The van der Waals surface area contributed by atoms with Gasteiger partial charge in [-0.3, -0.25) is 9.36 Å². The van der Waals surface area contributed by atoms with Crippen molar-refractivity contribution < 1.29 is 14.3 Å². The monoisotopic (exact) mass is 376 g/mol. The number of amides is 1. The number of methoxy groups -OCH3 is 1. The van der Waals surface area contributed by atoms with Crippen LogP contribution in [0.3, 0.4) is 0 Å². The van der Waals surface area contributed by atoms with Crippen LogP contribution in [-0.2, 0) is 14.3 Å². The molecule has 0 aliphatic heterocycles. The van der Waals surface area contributed by atoms with Crippen LogP contribution >= 0.6 is 11.8 Å². The summed E-state index contributed by atoms with van der Waals surface area (Å²) in [6.45, 7) is 5.73. The maximum absolute atomic E-state index is 12.3. The third kappa shape index (κ3) is 4.85. The molecule has 1 heterocycles. The number of ether oxygens (including phenoxy) is 1. The molecule has 2 aromatic rings. The van der Waals surface area contributed by atoms with Crippen LogP contribution in [0.25, 0.3) is 5.69 Å². The van der Waals surface area contributed by atoms with Gasteiger partial charge in [-0.05, 0) is 25.0 Å². The number of hydrogen-bond acceptors (Lipinski definition) is 6. The maximum Gasteiger partial charge on any atom is 0.328 e. The van der Waals surface area contributed by atoms with Crippen LogP contribution in [-0.4, -0.2) is 45.5 Å². The Morgan fingerprint density at radius 3 is 2.58 bits per heavy atom. The quantitative estimate of drug-likeness (QED) is 0.562. The Labute approximate surface area is 157 Å². The third-order valence-corrected chi connectivity index (χ3v) is 5.06. The van der Waals surface area contributed by atoms with Crippen LogP contribution in [0.2, 0.25) is 0 Å². The van der Waals surface area contributed by atoms with Gasteiger partial charge in [0, 0.05) is 5.69 Å². The minimum absolute atomic E-state index is 0.00776. The molecule has 2 atom stereocenters. The van der Waals surface area contributed by atoms with Crippen molar-refractivity contribution in [2.75, 3.05) is 12.9 Å². The highest BCUT2D eigenvalue weighted by molar-refractivity contribution is 7.99. The summed E-state index contributed by atoms with van der Waals surface area (Å²) < 4.78 is 6.69. The Morgan fingerprint density at radius 1 is 1.27 bits per heavy atom. The lowest BCUT2D eigenvalue weighted by atomic mass is 9.99. The molecular formula is C18H24N4O3S. The number of hydrogen-bond donors (Lipinski definition) is 1. The van der Waals surface area contributed by atoms with Gasteiger partial charge < -0.3 is 10.1 Å². The summed E-state index contributed by atoms with van der Waals surface area (Å²) in [6, 6.07) is 9.07. The molecule has 8 heteroatoms. The highest BCUT2D eigenvalue weighted by Gasteiger charge is 2.26. The molecule has 1 aromatic heterocycles. The minimum atomic E-state index is -0.646. The summed E-state index contributed by atoms with van der Waals surface area (Å²) in [5.74, 6) is 0.194. The van der Waals surface area contributed by atoms with Gasteiger partial charge in [-0.1, -0.05) is 50.2 Å². The van der Waals surface area contributed by atoms with Gasteiger partial charge >= 0.3 is 5.97 Å². The van der Waals surface area contributed by atoms with E-state index in [1.165, 1.54) is 18.9 Å². The number of para-hydroxylation sites is 1. The molecule has 0 radical (unpaired) electrons. The summed E-state index contributed by atoms with van der Waals surface area (Å²) in [6.07, 6.45) is 0.759. The summed E-state index contributed by atoms with van der Waals surface area (Å²) >= 11 is 1.28. The molecule has 0 saturated heterocycles. The summed E-state index contributed by atoms with van der Waals surface area (Å²) in [5.41, 5.74) is 0.935. The lowest BCUT2D eigenvalue weighted by Gasteiger charge is -2.21. The van der Waals surface area contributed by atoms with Gasteiger partial charge in [0.2, 0.25) is 5.91 Å². The van der Waals surface area contributed by atoms with E-state index in [0.717, 1.165) is 17.9 Å². The predicted octanol–water partition coefficient (Wildman–Crippen LogP) is 2.37. The molecule has 7 nitrogen and oxygen atoms in total. The van der Waals surface area contributed by atoms with Crippen LogP contribution in [0, 0.1) is 12.8 Å². The Balaban J connectivity index is 2.05. The predicted molar refractivity (Wildman–Crippen MR) is 100 cm³/mol. The standard InChI is InChI=1S/C18H24N4O3S/c1-5-12(2)16(17(24)25-4)19-15(23)11-26-18-21-20-13(3)22(18)14-9-7-6-8-10-14/h6-10,12,16H,5,11H2,1-4H3,(H,19,23). The number of benzene rings is 1. The first kappa shape index (κ1) is 20.0. The van der Waals surface area contributed by atoms with E-state index in [0.29, 0.717) is 5.16 Å². The van der Waals surface area contributed by atoms with Crippen LogP contribution in [0.4, 0.5) is 0 Å². The fourth-order valence-electron chi connectivity index (χ4n) is 2.45. The average Bonchev–Trinajstić information content (AvgIpc) is 3.04. The molecule has 0 saturated carbocycles. The summed E-state index contributed by atoms with van der Waals surface area (Å²) in [4.78, 5) is 24.2. The molecule has 0 aliphatic rings. The third-order valence-electron chi connectivity index (χ3n) is 4.13. The smallest absolute Gasteiger partial charge is 0.328 e. The van der Waals surface area contributed by atoms with E-state index in [9.17, 15) is 9.59 Å². The van der Waals surface area contributed by atoms with Crippen LogP contribution in [0.15, 0.2) is 35.5 Å². The normalized spacial score (nSPS) is 13.1. The molecule has 0 fully saturated rings. The van der Waals surface area contributed by atoms with E-state index in [-0.39, 0.29) is 17.6 Å². The number of nitrogens with one attached hydrogen (secondary N) is 1. The Bertz CT molecular complexity index is 748. The molecule has 0 aliphatic carbocycles. The summed E-state index contributed by atoms with van der Waals surface area (Å²) in [5, 5.41) is 11.6. The van der Waals surface area contributed by atoms with E-state index in [2.05, 4.69) is 15.5 Å². The fraction of sp³-hybridized carbons (Fsp3) is 0.444. The molecule has 2 rings (SSSR count). The Morgan fingerprint density at radius 2 is 1.96 bits per heavy atom. The van der Waals surface area contributed by atoms with Crippen molar-refractivity contribution in [2.24, 2.45) is 5.92 Å². The highest BCUT2D eigenvalue weighted by Crippen LogP contribution is 2.21. The van der Waals surface area contributed by atoms with Crippen LogP contribution < -0.4 is 5.32 Å². The first-order valence-corrected chi connectivity index (χ1v) is 9.43. The number of carbonyl (C=O) groups is 2. The van der Waals surface area contributed by atoms with Crippen LogP contribution in [0.5, 0.6) is 0 Å². The van der Waals surface area contributed by atoms with Crippen molar-refractivity contribution in [2.45, 2.75) is 38.4 Å². The van der Waals surface area contributed by atoms with Crippen molar-refractivity contribution in [3.05, 3.63) is 36.2 Å². The van der Waals surface area contributed by atoms with Crippen LogP contribution in [0.1, 0.15) is 26.1 Å². The SMILES string of the molecule is CCC(C)C(NC(=O)CSc1nnc(C)n1-c1ccccc1)C(=O)OC. The molecule has 0 bridgehead atoms. The molecule has 2 unspecified atom stereocenters. The Kier molecular flexibility index (Phi) is 7.20. The minimum Gasteiger partial charge on any atom is -0.467 e. The van der Waals surface area contributed by atoms with Gasteiger partial charge in [-0.15, -0.1) is 10.2 Å². The van der Waals surface area contributed by atoms with Gasteiger partial charge in [0.1, 0.15) is 11.9 Å². The zero-order chi connectivity index (χ0) is 19.1. The van der Waals surface area contributed by atoms with Gasteiger partial charge in [0.15, 0.2) is 5.16 Å². The average molecular weight is 376 g/mol. The number of rotatable bonds is 8. The van der Waals surface area contributed by atoms with E-state index >= 15 is 0 Å². The van der Waals surface area contributed by atoms with Crippen molar-refractivity contribution >= 4 is 23.6 Å². The largest absolute Gasteiger partial charge is 0.467 e. The summed E-state index contributed by atoms with van der Waals surface area (Å²) in [7, 11) is 1.32. The molecule has 1 aromatic carbocycles. The molecule has 0 spiro atoms. The number of thioether (sulfide) groups is 1. The van der Waals surface area contributed by atoms with Crippen molar-refractivity contribution in [1.82, 2.24) is 20.1 Å². The van der Waals surface area contributed by atoms with E-state index in [1.54, 1.807) is 0 Å². The number of aryl methyl sites for hydroxylation is 1. The van der Waals surface area contributed by atoms with Crippen molar-refractivity contribution in [3.8, 4) is 5.69 Å². The molecule has 1 N–H and O–H groups in total. The molecule has 1 amide bonds. The topological polar surface area (TPSA) is 86.1 Å². The second-order valence-corrected chi connectivity index (χ2v) is 6.89. The number of esters is 1. The molecular weight excluding hydrogens is 352 g/mol. The highest BCUT2D eigenvalue weighted by atomic mass is 32.2. The Hall–Kier alpha value is -2.35. The molecule has 26 heavy (non-hydrogen) atoms. The number of nitrogens with zero attached hydrogens (tertiary/aromatic N) is 3. The maximum atomic E-state index is 12.3. The first-order chi connectivity index (χ1) is 12.5. The van der Waals surface area contributed by atoms with Crippen molar-refractivity contribution in [3.63, 3.8) is 0 Å². The van der Waals surface area contributed by atoms with Gasteiger partial charge in [-0.25, -0.2) is 4.79 Å². The second-order valence-electron chi connectivity index (χ2n) is 5.94. The second kappa shape index (κ2) is 9.38. The zero-order valence-corrected chi connectivity index (χ0v) is 16.2. The van der Waals surface area contributed by atoms with E-state index < -0.39 is 12.0 Å². The van der Waals surface area contributed by atoms with E-state index in [4.69, 9.17) is 4.74 Å². The first-order valence-electron chi connectivity index (χ1n) is 8.45. The van der Waals surface area contributed by atoms with Crippen molar-refractivity contribution in [1.29, 1.82) is 0 Å². The zero-order valence-electron chi connectivity index (χ0n) is 15.4. The number of aromatic nitrogens is 3. The lowest BCUT2D eigenvalue weighted by Crippen LogP contribution is -2.46. The van der Waals surface area contributed by atoms with Gasteiger partial charge in [0.05, 0.1) is 12.9 Å².